The van der Waals surface area contributed by atoms with E-state index in [0.29, 0.717) is 5.75 Å². The topological polar surface area (TPSA) is 111 Å². The Kier molecular flexibility index (Phi) is 4.68. The van der Waals surface area contributed by atoms with Crippen LogP contribution in [0.3, 0.4) is 0 Å². The van der Waals surface area contributed by atoms with Gasteiger partial charge in [0.05, 0.1) is 7.11 Å². The number of aliphatic carboxylic acids is 1. The van der Waals surface area contributed by atoms with Gasteiger partial charge in [-0.05, 0) is 24.3 Å². The van der Waals surface area contributed by atoms with Gasteiger partial charge < -0.3 is 21.0 Å². The Balaban J connectivity index is 2.88. The van der Waals surface area contributed by atoms with E-state index in [1.807, 2.05) is 0 Å². The summed E-state index contributed by atoms with van der Waals surface area (Å²) in [6.07, 6.45) is 0. The highest BCUT2D eigenvalue weighted by atomic mass is 32.2. The van der Waals surface area contributed by atoms with Crippen LogP contribution < -0.4 is 21.7 Å². The van der Waals surface area contributed by atoms with Crippen LogP contribution in [0.15, 0.2) is 39.9 Å². The number of rotatable bonds is 5. The molecule has 0 amide bonds. The third kappa shape index (κ3) is 3.58. The molecule has 0 aliphatic carbocycles. The first-order valence-corrected chi connectivity index (χ1v) is 5.41. The second-order valence-corrected chi connectivity index (χ2v) is 4.05. The maximum atomic E-state index is 10.7. The summed E-state index contributed by atoms with van der Waals surface area (Å²) in [4.78, 5) is 11.5. The molecule has 0 saturated carbocycles. The van der Waals surface area contributed by atoms with E-state index in [9.17, 15) is 4.79 Å². The molecule has 0 saturated heterocycles. The van der Waals surface area contributed by atoms with Gasteiger partial charge in [-0.1, -0.05) is 11.8 Å². The number of nitrogens with two attached hydrogens (primary N) is 2. The van der Waals surface area contributed by atoms with Gasteiger partial charge in [0.15, 0.2) is 0 Å². The van der Waals surface area contributed by atoms with E-state index in [2.05, 4.69) is 5.43 Å². The fraction of sp³-hybridized carbons (Fsp3) is 0.100. The Hall–Kier alpha value is -1.86. The Labute approximate surface area is 103 Å². The molecular weight excluding hydrogens is 242 g/mol. The van der Waals surface area contributed by atoms with E-state index in [0.717, 1.165) is 16.7 Å². The average molecular weight is 255 g/mol. The normalized spacial score (nSPS) is 11.6. The highest BCUT2D eigenvalue weighted by Gasteiger charge is 2.11. The van der Waals surface area contributed by atoms with Crippen molar-refractivity contribution >= 4 is 17.7 Å². The van der Waals surface area contributed by atoms with Crippen LogP contribution in [-0.2, 0) is 4.79 Å². The minimum Gasteiger partial charge on any atom is -0.497 e. The van der Waals surface area contributed by atoms with Crippen molar-refractivity contribution in [2.45, 2.75) is 4.90 Å². The quantitative estimate of drug-likeness (QED) is 0.262. The third-order valence-corrected chi connectivity index (χ3v) is 2.94. The molecule has 0 bridgehead atoms. The molecule has 17 heavy (non-hydrogen) atoms. The number of nitrogens with one attached hydrogen (secondary N) is 1. The van der Waals surface area contributed by atoms with Crippen molar-refractivity contribution in [1.29, 1.82) is 0 Å². The molecule has 0 heterocycles. The average Bonchev–Trinajstić information content (AvgIpc) is 2.35. The van der Waals surface area contributed by atoms with Crippen molar-refractivity contribution in [3.8, 4) is 5.75 Å². The summed E-state index contributed by atoms with van der Waals surface area (Å²) in [6.45, 7) is 0. The zero-order chi connectivity index (χ0) is 12.8. The van der Waals surface area contributed by atoms with E-state index in [1.165, 1.54) is 0 Å². The van der Waals surface area contributed by atoms with Gasteiger partial charge in [-0.25, -0.2) is 10.6 Å². The van der Waals surface area contributed by atoms with Gasteiger partial charge in [-0.2, -0.15) is 0 Å². The number of methoxy groups -OCH3 is 1. The number of hydrazine groups is 1. The van der Waals surface area contributed by atoms with Gasteiger partial charge >= 0.3 is 5.97 Å². The van der Waals surface area contributed by atoms with E-state index in [4.69, 9.17) is 21.4 Å². The fourth-order valence-corrected chi connectivity index (χ4v) is 1.78. The second-order valence-electron chi connectivity index (χ2n) is 2.97. The lowest BCUT2D eigenvalue weighted by molar-refractivity contribution is -0.132. The molecule has 92 valence electrons. The molecule has 0 aliphatic rings. The molecule has 7 heteroatoms. The lowest BCUT2D eigenvalue weighted by Gasteiger charge is -2.08. The van der Waals surface area contributed by atoms with E-state index < -0.39 is 5.97 Å². The Morgan fingerprint density at radius 1 is 1.41 bits per heavy atom. The summed E-state index contributed by atoms with van der Waals surface area (Å²) in [5.41, 5.74) is 7.31. The first kappa shape index (κ1) is 13.2. The molecule has 6 nitrogen and oxygen atoms in total. The number of carboxylic acids is 1. The monoisotopic (exact) mass is 255 g/mol. The molecule has 0 fully saturated rings. The highest BCUT2D eigenvalue weighted by Crippen LogP contribution is 2.27. The Bertz CT molecular complexity index is 431. The van der Waals surface area contributed by atoms with Crippen molar-refractivity contribution in [1.82, 2.24) is 5.43 Å². The van der Waals surface area contributed by atoms with Crippen LogP contribution >= 0.6 is 11.8 Å². The van der Waals surface area contributed by atoms with Crippen molar-refractivity contribution < 1.29 is 14.6 Å². The molecule has 0 unspecified atom stereocenters. The summed E-state index contributed by atoms with van der Waals surface area (Å²) in [5, 5.41) is 8.91. The molecule has 0 aliphatic heterocycles. The molecule has 0 radical (unpaired) electrons. The SMILES string of the molecule is COc1ccc(S/C(NN)=C(/N)C(=O)O)cc1. The van der Waals surface area contributed by atoms with E-state index >= 15 is 0 Å². The van der Waals surface area contributed by atoms with Crippen LogP contribution in [0.2, 0.25) is 0 Å². The van der Waals surface area contributed by atoms with Crippen LogP contribution in [0.4, 0.5) is 0 Å². The van der Waals surface area contributed by atoms with Crippen LogP contribution in [0.25, 0.3) is 0 Å². The molecule has 0 aromatic heterocycles. The zero-order valence-electron chi connectivity index (χ0n) is 9.14. The molecule has 1 aromatic rings. The lowest BCUT2D eigenvalue weighted by atomic mass is 10.3. The van der Waals surface area contributed by atoms with Gasteiger partial charge in [0.25, 0.3) is 0 Å². The lowest BCUT2D eigenvalue weighted by Crippen LogP contribution is -2.26. The predicted molar refractivity (Wildman–Crippen MR) is 65.0 cm³/mol. The first-order chi connectivity index (χ1) is 8.08. The summed E-state index contributed by atoms with van der Waals surface area (Å²) in [7, 11) is 1.57. The third-order valence-electron chi connectivity index (χ3n) is 1.89. The van der Waals surface area contributed by atoms with Crippen LogP contribution in [0, 0.1) is 0 Å². The minimum atomic E-state index is -1.22. The van der Waals surface area contributed by atoms with Crippen molar-refractivity contribution in [2.75, 3.05) is 7.11 Å². The number of thioether (sulfide) groups is 1. The molecule has 0 spiro atoms. The number of carboxylic acid groups (broad SMARTS) is 1. The standard InChI is InChI=1S/C10H13N3O3S/c1-16-6-2-4-7(5-3-6)17-9(13-12)8(11)10(14)15/h2-5,13H,11-12H2,1H3,(H,14,15)/b9-8+. The van der Waals surface area contributed by atoms with E-state index in [1.54, 1.807) is 31.4 Å². The van der Waals surface area contributed by atoms with Crippen LogP contribution in [0.1, 0.15) is 0 Å². The van der Waals surface area contributed by atoms with Crippen molar-refractivity contribution in [3.63, 3.8) is 0 Å². The second kappa shape index (κ2) is 6.02. The zero-order valence-corrected chi connectivity index (χ0v) is 9.95. The smallest absolute Gasteiger partial charge is 0.354 e. The van der Waals surface area contributed by atoms with Gasteiger partial charge in [-0.15, -0.1) is 0 Å². The summed E-state index contributed by atoms with van der Waals surface area (Å²) < 4.78 is 5.01. The predicted octanol–water partition coefficient (Wildman–Crippen LogP) is 0.463. The van der Waals surface area contributed by atoms with Gasteiger partial charge in [0, 0.05) is 4.90 Å². The minimum absolute atomic E-state index is 0.183. The molecule has 6 N–H and O–H groups in total. The van der Waals surface area contributed by atoms with Gasteiger partial charge in [0.2, 0.25) is 0 Å². The number of hydrogen-bond donors (Lipinski definition) is 4. The van der Waals surface area contributed by atoms with Crippen molar-refractivity contribution in [2.24, 2.45) is 11.6 Å². The number of carbonyl (C=O) groups is 1. The largest absolute Gasteiger partial charge is 0.497 e. The molecule has 1 aromatic carbocycles. The van der Waals surface area contributed by atoms with Gasteiger partial charge in [-0.3, -0.25) is 0 Å². The Morgan fingerprint density at radius 2 is 2.00 bits per heavy atom. The number of hydrogen-bond acceptors (Lipinski definition) is 6. The molecule has 0 atom stereocenters. The fourth-order valence-electron chi connectivity index (χ4n) is 1.02. The summed E-state index contributed by atoms with van der Waals surface area (Å²) in [5.74, 6) is 4.71. The van der Waals surface area contributed by atoms with Crippen molar-refractivity contribution in [3.05, 3.63) is 35.0 Å². The molecule has 1 rings (SSSR count). The number of benzene rings is 1. The maximum Gasteiger partial charge on any atom is 0.354 e. The summed E-state index contributed by atoms with van der Waals surface area (Å²) in [6, 6.07) is 7.06. The Morgan fingerprint density at radius 3 is 2.41 bits per heavy atom. The first-order valence-electron chi connectivity index (χ1n) is 4.60. The van der Waals surface area contributed by atoms with Crippen LogP contribution in [-0.4, -0.2) is 18.2 Å². The van der Waals surface area contributed by atoms with Crippen LogP contribution in [0.5, 0.6) is 5.75 Å². The maximum absolute atomic E-state index is 10.7. The van der Waals surface area contributed by atoms with Gasteiger partial charge in [0.1, 0.15) is 16.5 Å². The summed E-state index contributed by atoms with van der Waals surface area (Å²) >= 11 is 1.13. The molecular formula is C10H13N3O3S. The van der Waals surface area contributed by atoms with E-state index in [-0.39, 0.29) is 10.7 Å². The number of ether oxygens (including phenoxy) is 1. The highest BCUT2D eigenvalue weighted by molar-refractivity contribution is 8.03.